The molecule has 1 heterocycles. The molecule has 14 heteroatoms. The molecule has 0 unspecified atom stereocenters. The fraction of sp³-hybridized carbons (Fsp3) is 0.200. The van der Waals surface area contributed by atoms with Crippen molar-refractivity contribution in [1.82, 2.24) is 9.55 Å². The summed E-state index contributed by atoms with van der Waals surface area (Å²) in [6, 6.07) is 7.79. The third-order valence-electron chi connectivity index (χ3n) is 4.43. The molecule has 4 nitrogen and oxygen atoms in total. The van der Waals surface area contributed by atoms with Crippen LogP contribution in [0.25, 0.3) is 0 Å². The summed E-state index contributed by atoms with van der Waals surface area (Å²) in [4.78, 5) is 15.7. The van der Waals surface area contributed by atoms with Crippen molar-refractivity contribution in [3.8, 4) is 0 Å². The molecule has 0 bridgehead atoms. The van der Waals surface area contributed by atoms with Crippen molar-refractivity contribution in [3.63, 3.8) is 0 Å². The number of halogens is 10. The number of hydrogen-bond donors (Lipinski definition) is 1. The van der Waals surface area contributed by atoms with Gasteiger partial charge in [-0.3, -0.25) is 9.36 Å². The van der Waals surface area contributed by atoms with Crippen LogP contribution in [0.15, 0.2) is 53.3 Å². The van der Waals surface area contributed by atoms with Gasteiger partial charge in [-0.05, 0) is 17.7 Å². The van der Waals surface area contributed by atoms with Crippen molar-refractivity contribution in [2.24, 2.45) is 0 Å². The second-order valence-corrected chi connectivity index (χ2v) is 7.26. The van der Waals surface area contributed by atoms with Crippen LogP contribution in [0.2, 0.25) is 5.02 Å². The van der Waals surface area contributed by atoms with E-state index in [9.17, 15) is 44.3 Å². The van der Waals surface area contributed by atoms with Gasteiger partial charge in [0.2, 0.25) is 5.95 Å². The third kappa shape index (κ3) is 5.64. The summed E-state index contributed by atoms with van der Waals surface area (Å²) < 4.78 is 120. The Morgan fingerprint density at radius 1 is 0.853 bits per heavy atom. The molecule has 0 atom stereocenters. The highest BCUT2D eigenvalue weighted by Crippen LogP contribution is 2.43. The van der Waals surface area contributed by atoms with E-state index in [-0.39, 0.29) is 18.2 Å². The molecule has 1 aromatic heterocycles. The molecule has 0 saturated carbocycles. The van der Waals surface area contributed by atoms with Gasteiger partial charge in [-0.15, -0.1) is 0 Å². The molecule has 0 saturated heterocycles. The smallest absolute Gasteiger partial charge is 0.324 e. The Hall–Kier alpha value is -3.22. The highest BCUT2D eigenvalue weighted by molar-refractivity contribution is 6.34. The second-order valence-electron chi connectivity index (χ2n) is 6.88. The lowest BCUT2D eigenvalue weighted by molar-refractivity contribution is -0.143. The second kappa shape index (κ2) is 8.85. The van der Waals surface area contributed by atoms with Crippen molar-refractivity contribution >= 4 is 23.2 Å². The first-order chi connectivity index (χ1) is 15.6. The summed E-state index contributed by atoms with van der Waals surface area (Å²) in [5.41, 5.74) is -7.26. The standard InChI is InChI=1S/C20H11ClF9N3O/c21-16-12(19(25,26)27)6-11(18(22,23)24)7-13(16)31-17-32-14(20(28,29)30)8-15(34)33(17)9-10-4-2-1-3-5-10/h1-8H,9H2,(H,31,32). The lowest BCUT2D eigenvalue weighted by Gasteiger charge is -2.20. The average Bonchev–Trinajstić information content (AvgIpc) is 2.70. The van der Waals surface area contributed by atoms with Gasteiger partial charge in [0.25, 0.3) is 5.56 Å². The zero-order chi connectivity index (χ0) is 25.5. The Bertz CT molecular complexity index is 1250. The van der Waals surface area contributed by atoms with E-state index in [2.05, 4.69) is 4.98 Å². The van der Waals surface area contributed by atoms with E-state index in [0.717, 1.165) is 0 Å². The van der Waals surface area contributed by atoms with Gasteiger partial charge in [-0.25, -0.2) is 4.98 Å². The first-order valence-corrected chi connectivity index (χ1v) is 9.43. The zero-order valence-electron chi connectivity index (χ0n) is 16.4. The Labute approximate surface area is 189 Å². The molecule has 182 valence electrons. The molecule has 0 aliphatic carbocycles. The van der Waals surface area contributed by atoms with Crippen LogP contribution < -0.4 is 10.9 Å². The minimum absolute atomic E-state index is 0.156. The molecule has 3 aromatic rings. The number of alkyl halides is 9. The molecule has 1 N–H and O–H groups in total. The van der Waals surface area contributed by atoms with Crippen LogP contribution in [0.5, 0.6) is 0 Å². The average molecular weight is 516 g/mol. The van der Waals surface area contributed by atoms with E-state index in [1.54, 1.807) is 18.2 Å². The van der Waals surface area contributed by atoms with E-state index < -0.39 is 64.1 Å². The largest absolute Gasteiger partial charge is 0.433 e. The molecule has 3 rings (SSSR count). The van der Waals surface area contributed by atoms with Gasteiger partial charge in [-0.2, -0.15) is 39.5 Å². The summed E-state index contributed by atoms with van der Waals surface area (Å²) in [6.45, 7) is -0.393. The van der Waals surface area contributed by atoms with Crippen LogP contribution in [-0.4, -0.2) is 9.55 Å². The summed E-state index contributed by atoms with van der Waals surface area (Å²) in [7, 11) is 0. The number of nitrogens with zero attached hydrogens (tertiary/aromatic N) is 2. The van der Waals surface area contributed by atoms with Crippen molar-refractivity contribution < 1.29 is 39.5 Å². The Morgan fingerprint density at radius 2 is 1.47 bits per heavy atom. The van der Waals surface area contributed by atoms with Gasteiger partial charge >= 0.3 is 18.5 Å². The van der Waals surface area contributed by atoms with Crippen LogP contribution in [0.3, 0.4) is 0 Å². The molecule has 0 aliphatic rings. The van der Waals surface area contributed by atoms with Crippen LogP contribution >= 0.6 is 11.6 Å². The molecule has 0 aliphatic heterocycles. The first-order valence-electron chi connectivity index (χ1n) is 9.05. The normalized spacial score (nSPS) is 12.6. The van der Waals surface area contributed by atoms with Crippen molar-refractivity contribution in [1.29, 1.82) is 0 Å². The molecule has 0 spiro atoms. The number of hydrogen-bond acceptors (Lipinski definition) is 3. The highest BCUT2D eigenvalue weighted by atomic mass is 35.5. The summed E-state index contributed by atoms with van der Waals surface area (Å²) in [6.07, 6.45) is -15.7. The van der Waals surface area contributed by atoms with Crippen molar-refractivity contribution in [2.45, 2.75) is 25.1 Å². The predicted molar refractivity (Wildman–Crippen MR) is 104 cm³/mol. The molecule has 0 radical (unpaired) electrons. The molecule has 34 heavy (non-hydrogen) atoms. The number of rotatable bonds is 4. The van der Waals surface area contributed by atoms with Crippen LogP contribution in [0, 0.1) is 0 Å². The van der Waals surface area contributed by atoms with Crippen molar-refractivity contribution in [2.75, 3.05) is 5.32 Å². The van der Waals surface area contributed by atoms with Gasteiger partial charge in [0, 0.05) is 6.07 Å². The van der Waals surface area contributed by atoms with E-state index in [0.29, 0.717) is 10.1 Å². The van der Waals surface area contributed by atoms with Crippen LogP contribution in [0.1, 0.15) is 22.4 Å². The van der Waals surface area contributed by atoms with E-state index in [1.165, 1.54) is 12.1 Å². The maximum absolute atomic E-state index is 13.3. The number of nitrogens with one attached hydrogen (secondary N) is 1. The quantitative estimate of drug-likeness (QED) is 0.391. The minimum Gasteiger partial charge on any atom is -0.324 e. The molecule has 2 aromatic carbocycles. The fourth-order valence-electron chi connectivity index (χ4n) is 2.87. The predicted octanol–water partition coefficient (Wildman–Crippen LogP) is 6.75. The Kier molecular flexibility index (Phi) is 6.62. The fourth-order valence-corrected chi connectivity index (χ4v) is 3.13. The Morgan fingerprint density at radius 3 is 2.00 bits per heavy atom. The lowest BCUT2D eigenvalue weighted by Crippen LogP contribution is -2.27. The summed E-state index contributed by atoms with van der Waals surface area (Å²) in [5.74, 6) is -0.960. The molecule has 0 amide bonds. The molecular weight excluding hydrogens is 505 g/mol. The van der Waals surface area contributed by atoms with E-state index in [1.807, 2.05) is 5.32 Å². The van der Waals surface area contributed by atoms with E-state index >= 15 is 0 Å². The monoisotopic (exact) mass is 515 g/mol. The van der Waals surface area contributed by atoms with Gasteiger partial charge < -0.3 is 5.32 Å². The Balaban J connectivity index is 2.23. The molecule has 0 fully saturated rings. The number of aromatic nitrogens is 2. The molecular formula is C20H11ClF9N3O. The topological polar surface area (TPSA) is 46.9 Å². The maximum atomic E-state index is 13.3. The van der Waals surface area contributed by atoms with E-state index in [4.69, 9.17) is 11.6 Å². The summed E-state index contributed by atoms with van der Waals surface area (Å²) >= 11 is 5.66. The van der Waals surface area contributed by atoms with Crippen LogP contribution in [0.4, 0.5) is 51.1 Å². The third-order valence-corrected chi connectivity index (χ3v) is 4.84. The van der Waals surface area contributed by atoms with Gasteiger partial charge in [-0.1, -0.05) is 41.9 Å². The minimum atomic E-state index is -5.32. The number of benzene rings is 2. The highest BCUT2D eigenvalue weighted by Gasteiger charge is 2.40. The maximum Gasteiger partial charge on any atom is 0.433 e. The number of anilines is 2. The van der Waals surface area contributed by atoms with Gasteiger partial charge in [0.05, 0.1) is 28.4 Å². The SMILES string of the molecule is O=c1cc(C(F)(F)F)nc(Nc2cc(C(F)(F)F)cc(C(F)(F)F)c2Cl)n1Cc1ccccc1. The summed E-state index contributed by atoms with van der Waals surface area (Å²) in [5, 5.41) is 0.708. The van der Waals surface area contributed by atoms with Crippen LogP contribution in [-0.2, 0) is 25.1 Å². The van der Waals surface area contributed by atoms with Gasteiger partial charge in [0.15, 0.2) is 5.69 Å². The van der Waals surface area contributed by atoms with Crippen molar-refractivity contribution in [3.05, 3.63) is 86.3 Å². The zero-order valence-corrected chi connectivity index (χ0v) is 17.2. The lowest BCUT2D eigenvalue weighted by atomic mass is 10.1. The first kappa shape index (κ1) is 25.4. The van der Waals surface area contributed by atoms with Gasteiger partial charge in [0.1, 0.15) is 0 Å².